The van der Waals surface area contributed by atoms with Gasteiger partial charge < -0.3 is 10.1 Å². The Balaban J connectivity index is 1.48. The van der Waals surface area contributed by atoms with E-state index in [0.717, 1.165) is 5.56 Å². The zero-order valence-corrected chi connectivity index (χ0v) is 13.3. The second-order valence-electron chi connectivity index (χ2n) is 5.26. The maximum Gasteiger partial charge on any atom is 0.242 e. The van der Waals surface area contributed by atoms with Crippen molar-refractivity contribution in [3.63, 3.8) is 0 Å². The summed E-state index contributed by atoms with van der Waals surface area (Å²) in [5.41, 5.74) is 1.41. The predicted octanol–water partition coefficient (Wildman–Crippen LogP) is 1.71. The van der Waals surface area contributed by atoms with Crippen LogP contribution in [0.15, 0.2) is 55.0 Å². The average molecular weight is 341 g/mol. The van der Waals surface area contributed by atoms with Crippen LogP contribution in [-0.4, -0.2) is 25.9 Å². The van der Waals surface area contributed by atoms with Crippen molar-refractivity contribution in [3.8, 4) is 5.75 Å². The van der Waals surface area contributed by atoms with Crippen LogP contribution >= 0.6 is 0 Å². The molecule has 1 N–H and O–H groups in total. The Labute approximate surface area is 143 Å². The minimum atomic E-state index is -0.440. The maximum absolute atomic E-state index is 13.5. The van der Waals surface area contributed by atoms with Crippen molar-refractivity contribution in [2.45, 2.75) is 19.7 Å². The average Bonchev–Trinajstić information content (AvgIpc) is 3.07. The van der Waals surface area contributed by atoms with Gasteiger partial charge in [-0.15, -0.1) is 5.10 Å². The van der Waals surface area contributed by atoms with Gasteiger partial charge in [0, 0.05) is 18.9 Å². The SMILES string of the molecule is O=C(Cn1cc(COc2ccccc2F)nn1)NCc1cccnc1. The van der Waals surface area contributed by atoms with E-state index in [2.05, 4.69) is 20.6 Å². The summed E-state index contributed by atoms with van der Waals surface area (Å²) in [5, 5.41) is 10.5. The van der Waals surface area contributed by atoms with Crippen molar-refractivity contribution in [1.29, 1.82) is 0 Å². The number of carbonyl (C=O) groups is 1. The van der Waals surface area contributed by atoms with E-state index >= 15 is 0 Å². The highest BCUT2D eigenvalue weighted by Crippen LogP contribution is 2.16. The standard InChI is InChI=1S/C17H16FN5O2/c18-15-5-1-2-6-16(15)25-12-14-10-23(22-21-14)11-17(24)20-9-13-4-3-7-19-8-13/h1-8,10H,9,11-12H2,(H,20,24). The van der Waals surface area contributed by atoms with E-state index in [4.69, 9.17) is 4.74 Å². The molecule has 0 saturated carbocycles. The lowest BCUT2D eigenvalue weighted by molar-refractivity contribution is -0.122. The number of halogens is 1. The number of hydrogen-bond acceptors (Lipinski definition) is 5. The van der Waals surface area contributed by atoms with Crippen LogP contribution in [0.2, 0.25) is 0 Å². The first-order valence-corrected chi connectivity index (χ1v) is 7.62. The lowest BCUT2D eigenvalue weighted by atomic mass is 10.3. The van der Waals surface area contributed by atoms with E-state index in [-0.39, 0.29) is 24.8 Å². The van der Waals surface area contributed by atoms with Gasteiger partial charge in [0.1, 0.15) is 18.8 Å². The van der Waals surface area contributed by atoms with Crippen LogP contribution in [0.1, 0.15) is 11.3 Å². The highest BCUT2D eigenvalue weighted by atomic mass is 19.1. The maximum atomic E-state index is 13.5. The molecule has 0 bridgehead atoms. The number of para-hydroxylation sites is 1. The number of carbonyl (C=O) groups excluding carboxylic acids is 1. The van der Waals surface area contributed by atoms with E-state index in [1.54, 1.807) is 36.8 Å². The highest BCUT2D eigenvalue weighted by Gasteiger charge is 2.08. The fourth-order valence-corrected chi connectivity index (χ4v) is 2.10. The molecule has 0 aliphatic rings. The van der Waals surface area contributed by atoms with Crippen molar-refractivity contribution < 1.29 is 13.9 Å². The Morgan fingerprint density at radius 3 is 2.92 bits per heavy atom. The third-order valence-electron chi connectivity index (χ3n) is 3.32. The van der Waals surface area contributed by atoms with Gasteiger partial charge in [0.05, 0.1) is 6.20 Å². The van der Waals surface area contributed by atoms with Crippen LogP contribution in [0.5, 0.6) is 5.75 Å². The molecule has 2 heterocycles. The van der Waals surface area contributed by atoms with Gasteiger partial charge in [-0.2, -0.15) is 0 Å². The van der Waals surface area contributed by atoms with E-state index in [1.807, 2.05) is 6.07 Å². The molecule has 2 aromatic heterocycles. The number of ether oxygens (including phenoxy) is 1. The van der Waals surface area contributed by atoms with Gasteiger partial charge in [-0.1, -0.05) is 23.4 Å². The Hall–Kier alpha value is -3.29. The number of aromatic nitrogens is 4. The number of hydrogen-bond donors (Lipinski definition) is 1. The third kappa shape index (κ3) is 4.84. The first kappa shape index (κ1) is 16.6. The number of benzene rings is 1. The molecule has 7 nitrogen and oxygen atoms in total. The number of rotatable bonds is 7. The molecule has 1 amide bonds. The molecule has 25 heavy (non-hydrogen) atoms. The van der Waals surface area contributed by atoms with Crippen molar-refractivity contribution in [1.82, 2.24) is 25.3 Å². The third-order valence-corrected chi connectivity index (χ3v) is 3.32. The van der Waals surface area contributed by atoms with Crippen LogP contribution in [0.25, 0.3) is 0 Å². The molecule has 8 heteroatoms. The molecular weight excluding hydrogens is 325 g/mol. The summed E-state index contributed by atoms with van der Waals surface area (Å²) in [7, 11) is 0. The summed E-state index contributed by atoms with van der Waals surface area (Å²) in [5.74, 6) is -0.494. The summed E-state index contributed by atoms with van der Waals surface area (Å²) in [6.45, 7) is 0.496. The Morgan fingerprint density at radius 2 is 2.12 bits per heavy atom. The lowest BCUT2D eigenvalue weighted by Gasteiger charge is -2.05. The molecule has 3 rings (SSSR count). The van der Waals surface area contributed by atoms with Crippen LogP contribution in [-0.2, 0) is 24.5 Å². The molecular formula is C17H16FN5O2. The van der Waals surface area contributed by atoms with Gasteiger partial charge in [-0.3, -0.25) is 9.78 Å². The normalized spacial score (nSPS) is 10.4. The minimum Gasteiger partial charge on any atom is -0.484 e. The molecule has 3 aromatic rings. The van der Waals surface area contributed by atoms with Gasteiger partial charge >= 0.3 is 0 Å². The molecule has 0 aliphatic heterocycles. The van der Waals surface area contributed by atoms with Crippen LogP contribution in [0.4, 0.5) is 4.39 Å². The highest BCUT2D eigenvalue weighted by molar-refractivity contribution is 5.75. The quantitative estimate of drug-likeness (QED) is 0.707. The molecule has 0 fully saturated rings. The first-order chi connectivity index (χ1) is 12.2. The molecule has 0 unspecified atom stereocenters. The van der Waals surface area contributed by atoms with Crippen molar-refractivity contribution in [2.75, 3.05) is 0 Å². The summed E-state index contributed by atoms with van der Waals surface area (Å²) in [4.78, 5) is 15.9. The van der Waals surface area contributed by atoms with Gasteiger partial charge in [0.15, 0.2) is 11.6 Å². The smallest absolute Gasteiger partial charge is 0.242 e. The number of amides is 1. The molecule has 0 atom stereocenters. The number of nitrogens with one attached hydrogen (secondary N) is 1. The van der Waals surface area contributed by atoms with E-state index < -0.39 is 5.82 Å². The van der Waals surface area contributed by atoms with Crippen LogP contribution in [0.3, 0.4) is 0 Å². The van der Waals surface area contributed by atoms with Crippen molar-refractivity contribution in [3.05, 3.63) is 72.1 Å². The molecule has 1 aromatic carbocycles. The Kier molecular flexibility index (Phi) is 5.30. The summed E-state index contributed by atoms with van der Waals surface area (Å²) in [6, 6.07) is 9.80. The van der Waals surface area contributed by atoms with Gasteiger partial charge in [0.2, 0.25) is 5.91 Å². The molecule has 0 saturated heterocycles. The van der Waals surface area contributed by atoms with E-state index in [1.165, 1.54) is 16.8 Å². The molecule has 0 spiro atoms. The van der Waals surface area contributed by atoms with Crippen LogP contribution < -0.4 is 10.1 Å². The Bertz CT molecular complexity index is 838. The Morgan fingerprint density at radius 1 is 1.24 bits per heavy atom. The molecule has 0 aliphatic carbocycles. The summed E-state index contributed by atoms with van der Waals surface area (Å²) >= 11 is 0. The molecule has 128 valence electrons. The largest absolute Gasteiger partial charge is 0.484 e. The van der Waals surface area contributed by atoms with Crippen molar-refractivity contribution in [2.24, 2.45) is 0 Å². The first-order valence-electron chi connectivity index (χ1n) is 7.62. The van der Waals surface area contributed by atoms with Gasteiger partial charge in [-0.05, 0) is 23.8 Å². The second kappa shape index (κ2) is 8.00. The summed E-state index contributed by atoms with van der Waals surface area (Å²) < 4.78 is 20.2. The fourth-order valence-electron chi connectivity index (χ4n) is 2.10. The molecule has 0 radical (unpaired) electrons. The topological polar surface area (TPSA) is 81.9 Å². The lowest BCUT2D eigenvalue weighted by Crippen LogP contribution is -2.27. The van der Waals surface area contributed by atoms with Crippen molar-refractivity contribution >= 4 is 5.91 Å². The van der Waals surface area contributed by atoms with E-state index in [9.17, 15) is 9.18 Å². The number of nitrogens with zero attached hydrogens (tertiary/aromatic N) is 4. The summed E-state index contributed by atoms with van der Waals surface area (Å²) in [6.07, 6.45) is 4.95. The minimum absolute atomic E-state index is 0.0347. The van der Waals surface area contributed by atoms with E-state index in [0.29, 0.717) is 12.2 Å². The zero-order chi connectivity index (χ0) is 17.5. The second-order valence-corrected chi connectivity index (χ2v) is 5.26. The monoisotopic (exact) mass is 341 g/mol. The zero-order valence-electron chi connectivity index (χ0n) is 13.3. The predicted molar refractivity (Wildman–Crippen MR) is 86.8 cm³/mol. The fraction of sp³-hybridized carbons (Fsp3) is 0.176. The van der Waals surface area contributed by atoms with Gasteiger partial charge in [0.25, 0.3) is 0 Å². The van der Waals surface area contributed by atoms with Gasteiger partial charge in [-0.25, -0.2) is 9.07 Å². The van der Waals surface area contributed by atoms with Crippen LogP contribution in [0, 0.1) is 5.82 Å². The number of pyridine rings is 1.